The first-order valence-electron chi connectivity index (χ1n) is 6.19. The number of anilines is 1. The van der Waals surface area contributed by atoms with Crippen LogP contribution in [0.15, 0.2) is 18.2 Å². The maximum Gasteiger partial charge on any atom is 0.123 e. The van der Waals surface area contributed by atoms with Gasteiger partial charge in [-0.15, -0.1) is 0 Å². The summed E-state index contributed by atoms with van der Waals surface area (Å²) in [5.41, 5.74) is 8.26. The first-order chi connectivity index (χ1) is 7.89. The molecule has 2 rings (SSSR count). The average Bonchev–Trinajstić information content (AvgIpc) is 2.58. The van der Waals surface area contributed by atoms with Crippen LogP contribution in [-0.2, 0) is 0 Å². The molecule has 1 aliphatic heterocycles. The molecule has 0 spiro atoms. The van der Waals surface area contributed by atoms with Crippen molar-refractivity contribution in [3.63, 3.8) is 0 Å². The number of hydrogen-bond acceptors (Lipinski definition) is 2. The topological polar surface area (TPSA) is 29.3 Å². The highest BCUT2D eigenvalue weighted by Crippen LogP contribution is 2.35. The minimum absolute atomic E-state index is 0.135. The van der Waals surface area contributed by atoms with Crippen LogP contribution in [0, 0.1) is 11.2 Å². The van der Waals surface area contributed by atoms with E-state index in [4.69, 9.17) is 5.73 Å². The number of benzene rings is 1. The van der Waals surface area contributed by atoms with Gasteiger partial charge in [-0.25, -0.2) is 4.39 Å². The van der Waals surface area contributed by atoms with Crippen LogP contribution in [0.3, 0.4) is 0 Å². The summed E-state index contributed by atoms with van der Waals surface area (Å²) in [4.78, 5) is 2.32. The van der Waals surface area contributed by atoms with Crippen LogP contribution >= 0.6 is 0 Å². The Kier molecular flexibility index (Phi) is 3.13. The van der Waals surface area contributed by atoms with Gasteiger partial charge in [0.15, 0.2) is 0 Å². The Morgan fingerprint density at radius 3 is 2.65 bits per heavy atom. The summed E-state index contributed by atoms with van der Waals surface area (Å²) in [6.07, 6.45) is 1.17. The van der Waals surface area contributed by atoms with E-state index >= 15 is 0 Å². The summed E-state index contributed by atoms with van der Waals surface area (Å²) in [6.45, 7) is 8.47. The highest BCUT2D eigenvalue weighted by molar-refractivity contribution is 5.56. The zero-order valence-corrected chi connectivity index (χ0v) is 10.8. The minimum Gasteiger partial charge on any atom is -0.371 e. The predicted molar refractivity (Wildman–Crippen MR) is 69.6 cm³/mol. The third-order valence-corrected chi connectivity index (χ3v) is 3.50. The van der Waals surface area contributed by atoms with Crippen molar-refractivity contribution < 1.29 is 4.39 Å². The van der Waals surface area contributed by atoms with E-state index in [2.05, 4.69) is 18.7 Å². The molecule has 0 unspecified atom stereocenters. The van der Waals surface area contributed by atoms with Gasteiger partial charge < -0.3 is 10.6 Å². The molecule has 2 nitrogen and oxygen atoms in total. The molecule has 1 aromatic carbocycles. The molecule has 0 saturated carbocycles. The van der Waals surface area contributed by atoms with Crippen LogP contribution in [0.25, 0.3) is 0 Å². The van der Waals surface area contributed by atoms with Crippen molar-refractivity contribution in [1.82, 2.24) is 0 Å². The van der Waals surface area contributed by atoms with E-state index in [-0.39, 0.29) is 11.9 Å². The summed E-state index contributed by atoms with van der Waals surface area (Å²) < 4.78 is 13.3. The molecule has 1 aliphatic rings. The molecule has 0 aromatic heterocycles. The third-order valence-electron chi connectivity index (χ3n) is 3.50. The molecular formula is C14H21FN2. The van der Waals surface area contributed by atoms with Crippen molar-refractivity contribution in [2.45, 2.75) is 33.2 Å². The van der Waals surface area contributed by atoms with Gasteiger partial charge in [0.05, 0.1) is 0 Å². The van der Waals surface area contributed by atoms with Gasteiger partial charge in [0.2, 0.25) is 0 Å². The smallest absolute Gasteiger partial charge is 0.123 e. The lowest BCUT2D eigenvalue weighted by molar-refractivity contribution is 0.418. The van der Waals surface area contributed by atoms with Crippen LogP contribution in [0.2, 0.25) is 0 Å². The van der Waals surface area contributed by atoms with Gasteiger partial charge in [-0.05, 0) is 42.5 Å². The molecule has 1 aromatic rings. The molecule has 0 radical (unpaired) electrons. The number of nitrogens with two attached hydrogens (primary N) is 1. The minimum atomic E-state index is -0.209. The number of halogens is 1. The highest BCUT2D eigenvalue weighted by atomic mass is 19.1. The average molecular weight is 236 g/mol. The van der Waals surface area contributed by atoms with Crippen molar-refractivity contribution >= 4 is 5.69 Å². The Morgan fingerprint density at radius 1 is 1.41 bits per heavy atom. The Labute approximate surface area is 103 Å². The normalized spacial score (nSPS) is 20.6. The van der Waals surface area contributed by atoms with E-state index < -0.39 is 0 Å². The van der Waals surface area contributed by atoms with E-state index in [1.54, 1.807) is 6.07 Å². The standard InChI is InChI=1S/C14H21FN2/c1-10(16)12-8-11(15)4-5-13(12)17-7-6-14(2,3)9-17/h4-5,8,10H,6-7,9,16H2,1-3H3/t10-/m0/s1. The Morgan fingerprint density at radius 2 is 2.12 bits per heavy atom. The summed E-state index contributed by atoms with van der Waals surface area (Å²) >= 11 is 0. The van der Waals surface area contributed by atoms with Gasteiger partial charge in [0, 0.05) is 24.8 Å². The summed E-state index contributed by atoms with van der Waals surface area (Å²) in [6, 6.07) is 4.80. The molecule has 94 valence electrons. The molecule has 17 heavy (non-hydrogen) atoms. The second-order valence-electron chi connectivity index (χ2n) is 5.83. The molecule has 1 heterocycles. The van der Waals surface area contributed by atoms with E-state index in [0.717, 1.165) is 24.3 Å². The van der Waals surface area contributed by atoms with Crippen molar-refractivity contribution in [3.8, 4) is 0 Å². The highest BCUT2D eigenvalue weighted by Gasteiger charge is 2.30. The van der Waals surface area contributed by atoms with Gasteiger partial charge in [-0.3, -0.25) is 0 Å². The number of hydrogen-bond donors (Lipinski definition) is 1. The first kappa shape index (κ1) is 12.4. The van der Waals surface area contributed by atoms with Crippen LogP contribution in [0.5, 0.6) is 0 Å². The molecule has 0 amide bonds. The van der Waals surface area contributed by atoms with E-state index in [1.807, 2.05) is 13.0 Å². The molecule has 1 fully saturated rings. The van der Waals surface area contributed by atoms with Crippen molar-refractivity contribution in [2.75, 3.05) is 18.0 Å². The maximum atomic E-state index is 13.3. The quantitative estimate of drug-likeness (QED) is 0.855. The van der Waals surface area contributed by atoms with Crippen LogP contribution in [-0.4, -0.2) is 13.1 Å². The van der Waals surface area contributed by atoms with Crippen molar-refractivity contribution in [1.29, 1.82) is 0 Å². The van der Waals surface area contributed by atoms with Crippen LogP contribution in [0.1, 0.15) is 38.8 Å². The second kappa shape index (κ2) is 4.30. The molecule has 0 aliphatic carbocycles. The second-order valence-corrected chi connectivity index (χ2v) is 5.83. The van der Waals surface area contributed by atoms with Crippen LogP contribution in [0.4, 0.5) is 10.1 Å². The zero-order chi connectivity index (χ0) is 12.6. The molecule has 1 saturated heterocycles. The SMILES string of the molecule is C[C@H](N)c1cc(F)ccc1N1CCC(C)(C)C1. The lowest BCUT2D eigenvalue weighted by Gasteiger charge is -2.25. The molecule has 1 atom stereocenters. The monoisotopic (exact) mass is 236 g/mol. The summed E-state index contributed by atoms with van der Waals surface area (Å²) in [5, 5.41) is 0. The first-order valence-corrected chi connectivity index (χ1v) is 6.19. The molecule has 2 N–H and O–H groups in total. The van der Waals surface area contributed by atoms with E-state index in [0.29, 0.717) is 5.41 Å². The van der Waals surface area contributed by atoms with Gasteiger partial charge in [-0.1, -0.05) is 13.8 Å². The third kappa shape index (κ3) is 2.60. The zero-order valence-electron chi connectivity index (χ0n) is 10.8. The van der Waals surface area contributed by atoms with E-state index in [9.17, 15) is 4.39 Å². The van der Waals surface area contributed by atoms with Crippen molar-refractivity contribution in [2.24, 2.45) is 11.1 Å². The summed E-state index contributed by atoms with van der Waals surface area (Å²) in [7, 11) is 0. The van der Waals surface area contributed by atoms with Crippen LogP contribution < -0.4 is 10.6 Å². The number of nitrogens with zero attached hydrogens (tertiary/aromatic N) is 1. The van der Waals surface area contributed by atoms with Gasteiger partial charge >= 0.3 is 0 Å². The Hall–Kier alpha value is -1.09. The van der Waals surface area contributed by atoms with Gasteiger partial charge in [0.25, 0.3) is 0 Å². The van der Waals surface area contributed by atoms with E-state index in [1.165, 1.54) is 12.5 Å². The predicted octanol–water partition coefficient (Wildman–Crippen LogP) is 3.08. The maximum absolute atomic E-state index is 13.3. The Balaban J connectivity index is 2.33. The fraction of sp³-hybridized carbons (Fsp3) is 0.571. The van der Waals surface area contributed by atoms with Crippen molar-refractivity contribution in [3.05, 3.63) is 29.6 Å². The molecular weight excluding hydrogens is 215 g/mol. The lowest BCUT2D eigenvalue weighted by Crippen LogP contribution is -2.25. The molecule has 3 heteroatoms. The largest absolute Gasteiger partial charge is 0.371 e. The number of rotatable bonds is 2. The van der Waals surface area contributed by atoms with Gasteiger partial charge in [-0.2, -0.15) is 0 Å². The molecule has 0 bridgehead atoms. The van der Waals surface area contributed by atoms with Gasteiger partial charge in [0.1, 0.15) is 5.82 Å². The fourth-order valence-electron chi connectivity index (χ4n) is 2.50. The lowest BCUT2D eigenvalue weighted by atomic mass is 9.93. The summed E-state index contributed by atoms with van der Waals surface area (Å²) in [5.74, 6) is -0.209. The fourth-order valence-corrected chi connectivity index (χ4v) is 2.50. The Bertz CT molecular complexity index is 413.